The molecule has 0 saturated carbocycles. The molecule has 4 heteroatoms. The van der Waals surface area contributed by atoms with Crippen LogP contribution < -0.4 is 5.32 Å². The molecule has 0 spiro atoms. The van der Waals surface area contributed by atoms with E-state index in [0.29, 0.717) is 12.6 Å². The Morgan fingerprint density at radius 2 is 2.24 bits per heavy atom. The molecule has 3 nitrogen and oxygen atoms in total. The monoisotopic (exact) mass is 253 g/mol. The first-order valence-corrected chi connectivity index (χ1v) is 6.80. The van der Waals surface area contributed by atoms with Gasteiger partial charge in [0, 0.05) is 37.5 Å². The SMILES string of the molecule is COCC(CNC1CSc2ccccc21)OC. The topological polar surface area (TPSA) is 30.5 Å². The minimum absolute atomic E-state index is 0.123. The minimum Gasteiger partial charge on any atom is -0.382 e. The van der Waals surface area contributed by atoms with Gasteiger partial charge in [-0.25, -0.2) is 0 Å². The van der Waals surface area contributed by atoms with Crippen LogP contribution >= 0.6 is 11.8 Å². The quantitative estimate of drug-likeness (QED) is 0.841. The molecule has 0 radical (unpaired) electrons. The molecule has 1 aliphatic heterocycles. The first-order valence-electron chi connectivity index (χ1n) is 5.82. The average molecular weight is 253 g/mol. The van der Waals surface area contributed by atoms with Gasteiger partial charge in [0.15, 0.2) is 0 Å². The fraction of sp³-hybridized carbons (Fsp3) is 0.538. The third-order valence-electron chi connectivity index (χ3n) is 2.98. The van der Waals surface area contributed by atoms with Gasteiger partial charge in [-0.2, -0.15) is 0 Å². The Kier molecular flexibility index (Phi) is 4.86. The van der Waals surface area contributed by atoms with Crippen LogP contribution in [0.15, 0.2) is 29.2 Å². The molecule has 1 N–H and O–H groups in total. The van der Waals surface area contributed by atoms with Crippen LogP contribution in [0.2, 0.25) is 0 Å². The van der Waals surface area contributed by atoms with Gasteiger partial charge >= 0.3 is 0 Å². The summed E-state index contributed by atoms with van der Waals surface area (Å²) in [5.41, 5.74) is 1.41. The average Bonchev–Trinajstić information content (AvgIpc) is 2.78. The van der Waals surface area contributed by atoms with E-state index in [9.17, 15) is 0 Å². The molecule has 1 aliphatic rings. The van der Waals surface area contributed by atoms with E-state index in [1.54, 1.807) is 14.2 Å². The molecule has 2 unspecified atom stereocenters. The summed E-state index contributed by atoms with van der Waals surface area (Å²) in [6.45, 7) is 1.45. The number of rotatable bonds is 6. The molecule has 0 bridgehead atoms. The fourth-order valence-corrected chi connectivity index (χ4v) is 3.20. The van der Waals surface area contributed by atoms with E-state index in [1.165, 1.54) is 10.5 Å². The number of thioether (sulfide) groups is 1. The normalized spacial score (nSPS) is 20.2. The first kappa shape index (κ1) is 12.9. The van der Waals surface area contributed by atoms with Gasteiger partial charge in [-0.15, -0.1) is 11.8 Å². The number of nitrogens with one attached hydrogen (secondary N) is 1. The van der Waals surface area contributed by atoms with Crippen molar-refractivity contribution in [2.24, 2.45) is 0 Å². The van der Waals surface area contributed by atoms with E-state index >= 15 is 0 Å². The largest absolute Gasteiger partial charge is 0.382 e. The summed E-state index contributed by atoms with van der Waals surface area (Å²) in [5.74, 6) is 1.10. The lowest BCUT2D eigenvalue weighted by Gasteiger charge is -2.19. The summed E-state index contributed by atoms with van der Waals surface area (Å²) in [5, 5.41) is 3.55. The van der Waals surface area contributed by atoms with Crippen LogP contribution in [-0.4, -0.2) is 39.2 Å². The summed E-state index contributed by atoms with van der Waals surface area (Å²) in [7, 11) is 3.43. The molecule has 0 aliphatic carbocycles. The molecule has 2 rings (SSSR count). The van der Waals surface area contributed by atoms with Crippen LogP contribution in [0.3, 0.4) is 0 Å². The van der Waals surface area contributed by atoms with Gasteiger partial charge in [-0.1, -0.05) is 18.2 Å². The van der Waals surface area contributed by atoms with Gasteiger partial charge in [-0.05, 0) is 11.6 Å². The van der Waals surface area contributed by atoms with Gasteiger partial charge in [-0.3, -0.25) is 0 Å². The van der Waals surface area contributed by atoms with Crippen molar-refractivity contribution in [3.8, 4) is 0 Å². The molecule has 1 heterocycles. The highest BCUT2D eigenvalue weighted by Crippen LogP contribution is 2.37. The molecule has 0 amide bonds. The molecule has 1 aromatic carbocycles. The summed E-state index contributed by atoms with van der Waals surface area (Å²) < 4.78 is 10.5. The standard InChI is InChI=1S/C13H19NO2S/c1-15-8-10(16-2)7-14-12-9-17-13-6-4-3-5-11(12)13/h3-6,10,12,14H,7-9H2,1-2H3. The molecule has 1 aromatic rings. The zero-order valence-corrected chi connectivity index (χ0v) is 11.1. The number of methoxy groups -OCH3 is 2. The van der Waals surface area contributed by atoms with Gasteiger partial charge in [0.2, 0.25) is 0 Å². The molecule has 17 heavy (non-hydrogen) atoms. The zero-order valence-electron chi connectivity index (χ0n) is 10.3. The zero-order chi connectivity index (χ0) is 12.1. The Bertz CT molecular complexity index is 359. The fourth-order valence-electron chi connectivity index (χ4n) is 2.00. The lowest BCUT2D eigenvalue weighted by atomic mass is 10.1. The molecule has 0 aromatic heterocycles. The highest BCUT2D eigenvalue weighted by molar-refractivity contribution is 7.99. The minimum atomic E-state index is 0.123. The Labute approximate surface area is 107 Å². The highest BCUT2D eigenvalue weighted by atomic mass is 32.2. The Balaban J connectivity index is 1.89. The van der Waals surface area contributed by atoms with Gasteiger partial charge in [0.25, 0.3) is 0 Å². The number of fused-ring (bicyclic) bond motifs is 1. The van der Waals surface area contributed by atoms with E-state index in [-0.39, 0.29) is 6.10 Å². The number of hydrogen-bond acceptors (Lipinski definition) is 4. The highest BCUT2D eigenvalue weighted by Gasteiger charge is 2.22. The third kappa shape index (κ3) is 3.22. The molecular weight excluding hydrogens is 234 g/mol. The molecule has 2 atom stereocenters. The van der Waals surface area contributed by atoms with Crippen LogP contribution in [-0.2, 0) is 9.47 Å². The van der Waals surface area contributed by atoms with Crippen molar-refractivity contribution in [3.05, 3.63) is 29.8 Å². The number of hydrogen-bond donors (Lipinski definition) is 1. The maximum Gasteiger partial charge on any atom is 0.0928 e. The van der Waals surface area contributed by atoms with E-state index in [4.69, 9.17) is 9.47 Å². The molecule has 0 saturated heterocycles. The van der Waals surface area contributed by atoms with Crippen molar-refractivity contribution in [2.45, 2.75) is 17.0 Å². The molecular formula is C13H19NO2S. The van der Waals surface area contributed by atoms with Crippen molar-refractivity contribution in [3.63, 3.8) is 0 Å². The van der Waals surface area contributed by atoms with Crippen molar-refractivity contribution in [1.82, 2.24) is 5.32 Å². The molecule has 0 fully saturated rings. The second-order valence-electron chi connectivity index (χ2n) is 4.12. The van der Waals surface area contributed by atoms with Gasteiger partial charge in [0.1, 0.15) is 0 Å². The smallest absolute Gasteiger partial charge is 0.0928 e. The van der Waals surface area contributed by atoms with Gasteiger partial charge in [0.05, 0.1) is 12.7 Å². The lowest BCUT2D eigenvalue weighted by molar-refractivity contribution is 0.0277. The predicted molar refractivity (Wildman–Crippen MR) is 70.6 cm³/mol. The van der Waals surface area contributed by atoms with Crippen LogP contribution in [0.4, 0.5) is 0 Å². The van der Waals surface area contributed by atoms with Gasteiger partial charge < -0.3 is 14.8 Å². The summed E-state index contributed by atoms with van der Waals surface area (Å²) in [4.78, 5) is 1.39. The van der Waals surface area contributed by atoms with Crippen molar-refractivity contribution in [2.75, 3.05) is 33.1 Å². The van der Waals surface area contributed by atoms with Crippen molar-refractivity contribution >= 4 is 11.8 Å². The lowest BCUT2D eigenvalue weighted by Crippen LogP contribution is -2.34. The van der Waals surface area contributed by atoms with Crippen LogP contribution in [0, 0.1) is 0 Å². The third-order valence-corrected chi connectivity index (χ3v) is 4.16. The second kappa shape index (κ2) is 6.40. The van der Waals surface area contributed by atoms with Crippen LogP contribution in [0.1, 0.15) is 11.6 Å². The van der Waals surface area contributed by atoms with E-state index < -0.39 is 0 Å². The second-order valence-corrected chi connectivity index (χ2v) is 5.18. The number of benzene rings is 1. The summed E-state index contributed by atoms with van der Waals surface area (Å²) in [6.07, 6.45) is 0.123. The Hall–Kier alpha value is -0.550. The van der Waals surface area contributed by atoms with Crippen LogP contribution in [0.25, 0.3) is 0 Å². The van der Waals surface area contributed by atoms with E-state index in [1.807, 2.05) is 11.8 Å². The van der Waals surface area contributed by atoms with E-state index in [0.717, 1.165) is 12.3 Å². The summed E-state index contributed by atoms with van der Waals surface area (Å²) >= 11 is 1.91. The van der Waals surface area contributed by atoms with Crippen LogP contribution in [0.5, 0.6) is 0 Å². The van der Waals surface area contributed by atoms with Crippen molar-refractivity contribution < 1.29 is 9.47 Å². The van der Waals surface area contributed by atoms with Crippen molar-refractivity contribution in [1.29, 1.82) is 0 Å². The number of ether oxygens (including phenoxy) is 2. The Morgan fingerprint density at radius 1 is 1.41 bits per heavy atom. The first-order chi connectivity index (χ1) is 8.35. The molecule has 94 valence electrons. The maximum absolute atomic E-state index is 5.34. The van der Waals surface area contributed by atoms with E-state index in [2.05, 4.69) is 29.6 Å². The Morgan fingerprint density at radius 3 is 3.00 bits per heavy atom. The predicted octanol–water partition coefficient (Wildman–Crippen LogP) is 2.08. The summed E-state index contributed by atoms with van der Waals surface area (Å²) in [6, 6.07) is 9.01. The maximum atomic E-state index is 5.34.